The largest absolute Gasteiger partial charge is 0.481 e. The molecule has 0 atom stereocenters. The summed E-state index contributed by atoms with van der Waals surface area (Å²) in [6.45, 7) is 1.61. The van der Waals surface area contributed by atoms with Crippen molar-refractivity contribution in [3.63, 3.8) is 0 Å². The zero-order valence-corrected chi connectivity index (χ0v) is 9.40. The van der Waals surface area contributed by atoms with E-state index in [1.54, 1.807) is 0 Å². The maximum absolute atomic E-state index is 11.5. The van der Waals surface area contributed by atoms with Crippen LogP contribution < -0.4 is 0 Å². The fourth-order valence-corrected chi connectivity index (χ4v) is 2.67. The highest BCUT2D eigenvalue weighted by Gasteiger charge is 2.16. The van der Waals surface area contributed by atoms with Gasteiger partial charge in [-0.2, -0.15) is 11.8 Å². The molecular formula is C8H13NO3S2. The van der Waals surface area contributed by atoms with Gasteiger partial charge in [0.15, 0.2) is 0 Å². The van der Waals surface area contributed by atoms with Gasteiger partial charge in [0.2, 0.25) is 5.91 Å². The Labute approximate surface area is 91.4 Å². The molecule has 0 aromatic rings. The summed E-state index contributed by atoms with van der Waals surface area (Å²) in [4.78, 5) is 23.5. The molecule has 1 fully saturated rings. The van der Waals surface area contributed by atoms with Gasteiger partial charge in [0.25, 0.3) is 0 Å². The number of aliphatic carboxylic acids is 1. The number of thioether (sulfide) groups is 2. The zero-order chi connectivity index (χ0) is 10.4. The second-order valence-electron chi connectivity index (χ2n) is 2.88. The van der Waals surface area contributed by atoms with E-state index in [1.165, 1.54) is 11.8 Å². The lowest BCUT2D eigenvalue weighted by Gasteiger charge is -2.26. The van der Waals surface area contributed by atoms with Crippen molar-refractivity contribution >= 4 is 35.4 Å². The number of rotatable bonds is 4. The minimum Gasteiger partial charge on any atom is -0.481 e. The Morgan fingerprint density at radius 1 is 1.29 bits per heavy atom. The lowest BCUT2D eigenvalue weighted by atomic mass is 10.5. The molecule has 0 bridgehead atoms. The molecule has 1 saturated heterocycles. The molecule has 0 spiro atoms. The Morgan fingerprint density at radius 2 is 1.93 bits per heavy atom. The molecule has 1 heterocycles. The van der Waals surface area contributed by atoms with Crippen molar-refractivity contribution < 1.29 is 14.7 Å². The second-order valence-corrected chi connectivity index (χ2v) is 5.09. The summed E-state index contributed by atoms with van der Waals surface area (Å²) in [5.74, 6) is 1.49. The molecule has 1 amide bonds. The van der Waals surface area contributed by atoms with Gasteiger partial charge in [-0.15, -0.1) is 11.8 Å². The first-order valence-corrected chi connectivity index (χ1v) is 6.66. The molecule has 1 aliphatic rings. The summed E-state index contributed by atoms with van der Waals surface area (Å²) in [5, 5.41) is 8.39. The number of amides is 1. The van der Waals surface area contributed by atoms with E-state index in [0.717, 1.165) is 24.6 Å². The van der Waals surface area contributed by atoms with Crippen LogP contribution in [0.2, 0.25) is 0 Å². The predicted molar refractivity (Wildman–Crippen MR) is 58.9 cm³/mol. The highest BCUT2D eigenvalue weighted by Crippen LogP contribution is 2.11. The van der Waals surface area contributed by atoms with Gasteiger partial charge in [-0.1, -0.05) is 0 Å². The number of hydrogen-bond acceptors (Lipinski definition) is 4. The van der Waals surface area contributed by atoms with Crippen LogP contribution in [0.5, 0.6) is 0 Å². The van der Waals surface area contributed by atoms with Crippen LogP contribution >= 0.6 is 23.5 Å². The van der Waals surface area contributed by atoms with E-state index in [1.807, 2.05) is 16.7 Å². The Balaban J connectivity index is 2.16. The third-order valence-electron chi connectivity index (χ3n) is 1.81. The molecule has 0 aromatic carbocycles. The van der Waals surface area contributed by atoms with Crippen LogP contribution in [0.25, 0.3) is 0 Å². The van der Waals surface area contributed by atoms with E-state index in [2.05, 4.69) is 0 Å². The standard InChI is InChI=1S/C8H13NO3S2/c10-7(5-14-6-8(11)12)9-1-3-13-4-2-9/h1-6H2,(H,11,12). The maximum Gasteiger partial charge on any atom is 0.313 e. The van der Waals surface area contributed by atoms with Gasteiger partial charge in [0.1, 0.15) is 0 Å². The SMILES string of the molecule is O=C(O)CSCC(=O)N1CCSCC1. The van der Waals surface area contributed by atoms with Crippen molar-refractivity contribution in [1.29, 1.82) is 0 Å². The van der Waals surface area contributed by atoms with Gasteiger partial charge in [0.05, 0.1) is 11.5 Å². The van der Waals surface area contributed by atoms with Crippen LogP contribution in [0.1, 0.15) is 0 Å². The van der Waals surface area contributed by atoms with Crippen LogP contribution in [0, 0.1) is 0 Å². The Kier molecular flexibility index (Phi) is 5.17. The summed E-state index contributed by atoms with van der Waals surface area (Å²) in [5.41, 5.74) is 0. The summed E-state index contributed by atoms with van der Waals surface area (Å²) < 4.78 is 0. The van der Waals surface area contributed by atoms with Crippen molar-refractivity contribution in [2.45, 2.75) is 0 Å². The molecule has 14 heavy (non-hydrogen) atoms. The molecule has 1 N–H and O–H groups in total. The molecular weight excluding hydrogens is 222 g/mol. The normalized spacial score (nSPS) is 16.7. The van der Waals surface area contributed by atoms with Gasteiger partial charge in [-0.05, 0) is 0 Å². The van der Waals surface area contributed by atoms with E-state index < -0.39 is 5.97 Å². The first kappa shape index (κ1) is 11.7. The van der Waals surface area contributed by atoms with Gasteiger partial charge in [-0.3, -0.25) is 9.59 Å². The lowest BCUT2D eigenvalue weighted by Crippen LogP contribution is -2.39. The summed E-state index contributed by atoms with van der Waals surface area (Å²) >= 11 is 3.02. The minimum atomic E-state index is -0.864. The van der Waals surface area contributed by atoms with Gasteiger partial charge >= 0.3 is 5.97 Å². The number of nitrogens with zero attached hydrogens (tertiary/aromatic N) is 1. The third kappa shape index (κ3) is 4.23. The van der Waals surface area contributed by atoms with Crippen molar-refractivity contribution in [2.24, 2.45) is 0 Å². The second kappa shape index (κ2) is 6.19. The number of carbonyl (C=O) groups excluding carboxylic acids is 1. The van der Waals surface area contributed by atoms with Crippen LogP contribution in [-0.4, -0.2) is 58.0 Å². The average Bonchev–Trinajstić information content (AvgIpc) is 2.18. The van der Waals surface area contributed by atoms with Crippen LogP contribution in [0.15, 0.2) is 0 Å². The van der Waals surface area contributed by atoms with E-state index >= 15 is 0 Å². The fourth-order valence-electron chi connectivity index (χ4n) is 1.13. The topological polar surface area (TPSA) is 57.6 Å². The van der Waals surface area contributed by atoms with E-state index in [-0.39, 0.29) is 17.4 Å². The Bertz CT molecular complexity index is 217. The van der Waals surface area contributed by atoms with Crippen LogP contribution in [-0.2, 0) is 9.59 Å². The third-order valence-corrected chi connectivity index (χ3v) is 3.66. The monoisotopic (exact) mass is 235 g/mol. The molecule has 0 radical (unpaired) electrons. The van der Waals surface area contributed by atoms with E-state index in [9.17, 15) is 9.59 Å². The predicted octanol–water partition coefficient (Wildman–Crippen LogP) is 0.380. The zero-order valence-electron chi connectivity index (χ0n) is 7.77. The summed E-state index contributed by atoms with van der Waals surface area (Å²) in [6.07, 6.45) is 0. The number of carbonyl (C=O) groups is 2. The highest BCUT2D eigenvalue weighted by molar-refractivity contribution is 8.00. The molecule has 4 nitrogen and oxygen atoms in total. The van der Waals surface area contributed by atoms with Gasteiger partial charge in [0, 0.05) is 24.6 Å². The van der Waals surface area contributed by atoms with E-state index in [0.29, 0.717) is 0 Å². The van der Waals surface area contributed by atoms with Crippen molar-refractivity contribution in [1.82, 2.24) is 4.90 Å². The highest BCUT2D eigenvalue weighted by atomic mass is 32.2. The van der Waals surface area contributed by atoms with Gasteiger partial charge < -0.3 is 10.0 Å². The quantitative estimate of drug-likeness (QED) is 0.763. The molecule has 0 aromatic heterocycles. The molecule has 0 saturated carbocycles. The Hall–Kier alpha value is -0.360. The van der Waals surface area contributed by atoms with E-state index in [4.69, 9.17) is 5.11 Å². The van der Waals surface area contributed by atoms with Crippen molar-refractivity contribution in [2.75, 3.05) is 36.1 Å². The smallest absolute Gasteiger partial charge is 0.313 e. The average molecular weight is 235 g/mol. The number of hydrogen-bond donors (Lipinski definition) is 1. The molecule has 6 heteroatoms. The molecule has 80 valence electrons. The first-order valence-electron chi connectivity index (χ1n) is 4.35. The molecule has 0 unspecified atom stereocenters. The summed E-state index contributed by atoms with van der Waals surface area (Å²) in [6, 6.07) is 0. The fraction of sp³-hybridized carbons (Fsp3) is 0.750. The lowest BCUT2D eigenvalue weighted by molar-refractivity contribution is -0.133. The molecule has 0 aliphatic carbocycles. The molecule has 1 aliphatic heterocycles. The number of carboxylic acids is 1. The maximum atomic E-state index is 11.5. The van der Waals surface area contributed by atoms with Gasteiger partial charge in [-0.25, -0.2) is 0 Å². The van der Waals surface area contributed by atoms with Crippen LogP contribution in [0.3, 0.4) is 0 Å². The number of carboxylic acid groups (broad SMARTS) is 1. The summed E-state index contributed by atoms with van der Waals surface area (Å²) in [7, 11) is 0. The van der Waals surface area contributed by atoms with Crippen LogP contribution in [0.4, 0.5) is 0 Å². The first-order chi connectivity index (χ1) is 6.70. The van der Waals surface area contributed by atoms with Crippen molar-refractivity contribution in [3.05, 3.63) is 0 Å². The van der Waals surface area contributed by atoms with Crippen molar-refractivity contribution in [3.8, 4) is 0 Å². The minimum absolute atomic E-state index is 0.00826. The Morgan fingerprint density at radius 3 is 2.50 bits per heavy atom. The molecule has 1 rings (SSSR count).